The summed E-state index contributed by atoms with van der Waals surface area (Å²) in [4.78, 5) is 31.0. The van der Waals surface area contributed by atoms with Crippen LogP contribution >= 0.6 is 0 Å². The highest BCUT2D eigenvalue weighted by Gasteiger charge is 2.60. The fourth-order valence-corrected chi connectivity index (χ4v) is 5.41. The highest BCUT2D eigenvalue weighted by Crippen LogP contribution is 2.59. The lowest BCUT2D eigenvalue weighted by atomic mass is 9.75. The molecule has 0 aliphatic carbocycles. The van der Waals surface area contributed by atoms with Crippen molar-refractivity contribution in [1.82, 2.24) is 10.0 Å². The van der Waals surface area contributed by atoms with E-state index in [9.17, 15) is 14.7 Å². The Morgan fingerprint density at radius 3 is 1.81 bits per heavy atom. The van der Waals surface area contributed by atoms with Crippen molar-refractivity contribution in [3.63, 3.8) is 0 Å². The van der Waals surface area contributed by atoms with Crippen molar-refractivity contribution in [2.24, 2.45) is 0 Å². The van der Waals surface area contributed by atoms with E-state index in [0.29, 0.717) is 28.2 Å². The zero-order valence-electron chi connectivity index (χ0n) is 22.2. The highest BCUT2D eigenvalue weighted by atomic mass is 16.5. The number of benzene rings is 3. The van der Waals surface area contributed by atoms with Gasteiger partial charge in [-0.25, -0.2) is 14.8 Å². The van der Waals surface area contributed by atoms with Crippen LogP contribution in [0.2, 0.25) is 0 Å². The highest BCUT2D eigenvalue weighted by molar-refractivity contribution is 6.03. The molecule has 0 atom stereocenters. The number of amides is 2. The lowest BCUT2D eigenvalue weighted by Gasteiger charge is -2.50. The fraction of sp³-hybridized carbons (Fsp3) is 0.310. The molecule has 0 unspecified atom stereocenters. The van der Waals surface area contributed by atoms with E-state index in [1.807, 2.05) is 92.6 Å². The van der Waals surface area contributed by atoms with Gasteiger partial charge in [0.05, 0.1) is 5.54 Å². The van der Waals surface area contributed by atoms with E-state index in [1.54, 1.807) is 26.8 Å². The number of hydrogen-bond donors (Lipinski definition) is 1. The standard InChI is InChI=1S/C29H32N4O4/c1-28(2,3)33(27(35)36)32-26(34)20-10-8-9-11-21(20)29(32)22-14-12-18(30(4)5)16-24(22)37-25-17-19(31(6)7)13-15-23(25)29/h8-17H,1-7H3,(H,35,36). The van der Waals surface area contributed by atoms with Gasteiger partial charge in [0.15, 0.2) is 0 Å². The largest absolute Gasteiger partial charge is 0.464 e. The first kappa shape index (κ1) is 24.5. The second-order valence-corrected chi connectivity index (χ2v) is 10.9. The SMILES string of the molecule is CN(C)c1ccc2c(c1)Oc1cc(N(C)C)ccc1C21c2ccccc2C(=O)N1N(C(=O)O)C(C)(C)C. The van der Waals surface area contributed by atoms with Gasteiger partial charge in [0.25, 0.3) is 5.91 Å². The van der Waals surface area contributed by atoms with Gasteiger partial charge in [0.2, 0.25) is 0 Å². The minimum Gasteiger partial charge on any atom is -0.464 e. The van der Waals surface area contributed by atoms with E-state index in [0.717, 1.165) is 21.9 Å². The van der Waals surface area contributed by atoms with Crippen LogP contribution in [-0.4, -0.2) is 60.9 Å². The molecule has 3 aromatic carbocycles. The van der Waals surface area contributed by atoms with Crippen molar-refractivity contribution in [3.05, 3.63) is 82.9 Å². The number of rotatable bonds is 3. The van der Waals surface area contributed by atoms with Crippen LogP contribution in [0.4, 0.5) is 16.2 Å². The summed E-state index contributed by atoms with van der Waals surface area (Å²) in [7, 11) is 7.80. The summed E-state index contributed by atoms with van der Waals surface area (Å²) in [6.07, 6.45) is -1.21. The summed E-state index contributed by atoms with van der Waals surface area (Å²) in [5, 5.41) is 13.1. The van der Waals surface area contributed by atoms with Crippen LogP contribution in [0.3, 0.4) is 0 Å². The molecule has 0 aromatic heterocycles. The molecule has 192 valence electrons. The lowest BCUT2D eigenvalue weighted by molar-refractivity contribution is -0.0783. The molecule has 3 aromatic rings. The second kappa shape index (κ2) is 8.16. The van der Waals surface area contributed by atoms with Crippen molar-refractivity contribution in [3.8, 4) is 11.5 Å². The Morgan fingerprint density at radius 1 is 0.838 bits per heavy atom. The van der Waals surface area contributed by atoms with Crippen LogP contribution < -0.4 is 14.5 Å². The number of nitrogens with zero attached hydrogens (tertiary/aromatic N) is 4. The number of hydrogen-bond acceptors (Lipinski definition) is 5. The summed E-state index contributed by atoms with van der Waals surface area (Å²) < 4.78 is 6.51. The van der Waals surface area contributed by atoms with Gasteiger partial charge < -0.3 is 19.6 Å². The Bertz CT molecular complexity index is 1370. The average Bonchev–Trinajstić information content (AvgIpc) is 3.07. The van der Waals surface area contributed by atoms with Crippen molar-refractivity contribution in [2.75, 3.05) is 38.0 Å². The average molecular weight is 501 g/mol. The first-order chi connectivity index (χ1) is 17.4. The second-order valence-electron chi connectivity index (χ2n) is 10.9. The van der Waals surface area contributed by atoms with E-state index in [2.05, 4.69) is 0 Å². The van der Waals surface area contributed by atoms with Crippen molar-refractivity contribution in [2.45, 2.75) is 31.8 Å². The van der Waals surface area contributed by atoms with Gasteiger partial charge in [0.1, 0.15) is 17.0 Å². The summed E-state index contributed by atoms with van der Waals surface area (Å²) in [5.41, 5.74) is 2.28. The summed E-state index contributed by atoms with van der Waals surface area (Å²) in [6, 6.07) is 19.1. The Labute approximate surface area is 217 Å². The number of hydrazine groups is 1. The fourth-order valence-electron chi connectivity index (χ4n) is 5.41. The normalized spacial score (nSPS) is 15.0. The van der Waals surface area contributed by atoms with E-state index in [4.69, 9.17) is 4.74 Å². The molecular formula is C29H32N4O4. The van der Waals surface area contributed by atoms with Crippen LogP contribution in [-0.2, 0) is 5.54 Å². The molecule has 1 spiro atoms. The van der Waals surface area contributed by atoms with E-state index in [1.165, 1.54) is 5.01 Å². The van der Waals surface area contributed by atoms with Gasteiger partial charge in [-0.05, 0) is 39.0 Å². The maximum atomic E-state index is 14.2. The molecule has 0 radical (unpaired) electrons. The van der Waals surface area contributed by atoms with Crippen LogP contribution in [0.15, 0.2) is 60.7 Å². The molecule has 2 aliphatic heterocycles. The number of carbonyl (C=O) groups excluding carboxylic acids is 1. The molecule has 2 heterocycles. The topological polar surface area (TPSA) is 76.6 Å². The maximum absolute atomic E-state index is 14.2. The number of carboxylic acid groups (broad SMARTS) is 1. The summed E-state index contributed by atoms with van der Waals surface area (Å²) >= 11 is 0. The predicted molar refractivity (Wildman–Crippen MR) is 144 cm³/mol. The van der Waals surface area contributed by atoms with Gasteiger partial charge in [-0.15, -0.1) is 0 Å². The van der Waals surface area contributed by atoms with Crippen LogP contribution in [0.5, 0.6) is 11.5 Å². The van der Waals surface area contributed by atoms with Crippen molar-refractivity contribution in [1.29, 1.82) is 0 Å². The van der Waals surface area contributed by atoms with Gasteiger partial charge in [-0.2, -0.15) is 0 Å². The van der Waals surface area contributed by atoms with Crippen molar-refractivity contribution >= 4 is 23.4 Å². The smallest absolute Gasteiger partial charge is 0.426 e. The quantitative estimate of drug-likeness (QED) is 0.521. The zero-order valence-corrected chi connectivity index (χ0v) is 22.2. The number of anilines is 2. The Hall–Kier alpha value is -4.20. The van der Waals surface area contributed by atoms with E-state index in [-0.39, 0.29) is 5.91 Å². The molecule has 0 saturated heterocycles. The molecule has 5 rings (SSSR count). The molecule has 8 nitrogen and oxygen atoms in total. The third kappa shape index (κ3) is 3.43. The first-order valence-electron chi connectivity index (χ1n) is 12.2. The first-order valence-corrected chi connectivity index (χ1v) is 12.2. The predicted octanol–water partition coefficient (Wildman–Crippen LogP) is 5.37. The van der Waals surface area contributed by atoms with Gasteiger partial charge in [0, 0.05) is 74.0 Å². The molecule has 0 bridgehead atoms. The maximum Gasteiger partial charge on any atom is 0.426 e. The molecule has 8 heteroatoms. The minimum atomic E-state index is -1.25. The monoisotopic (exact) mass is 500 g/mol. The molecule has 2 amide bonds. The molecule has 37 heavy (non-hydrogen) atoms. The zero-order chi connectivity index (χ0) is 26.9. The van der Waals surface area contributed by atoms with Crippen LogP contribution in [0.1, 0.15) is 47.8 Å². The third-order valence-electron chi connectivity index (χ3n) is 7.04. The molecule has 1 N–H and O–H groups in total. The van der Waals surface area contributed by atoms with Gasteiger partial charge in [-0.1, -0.05) is 30.3 Å². The lowest BCUT2D eigenvalue weighted by Crippen LogP contribution is -2.63. The van der Waals surface area contributed by atoms with Crippen LogP contribution in [0.25, 0.3) is 0 Å². The minimum absolute atomic E-state index is 0.375. The van der Waals surface area contributed by atoms with Gasteiger partial charge >= 0.3 is 6.09 Å². The number of ether oxygens (including phenoxy) is 1. The summed E-state index contributed by atoms with van der Waals surface area (Å²) in [5.74, 6) is 0.770. The molecule has 2 aliphatic rings. The number of fused-ring (bicyclic) bond motifs is 6. The van der Waals surface area contributed by atoms with Crippen molar-refractivity contribution < 1.29 is 19.4 Å². The van der Waals surface area contributed by atoms with E-state index >= 15 is 0 Å². The van der Waals surface area contributed by atoms with Crippen LogP contribution in [0, 0.1) is 0 Å². The Kier molecular flexibility index (Phi) is 5.40. The number of carbonyl (C=O) groups is 2. The molecular weight excluding hydrogens is 468 g/mol. The third-order valence-corrected chi connectivity index (χ3v) is 7.04. The Morgan fingerprint density at radius 2 is 1.35 bits per heavy atom. The molecule has 0 fully saturated rings. The Balaban J connectivity index is 1.95. The molecule has 0 saturated carbocycles. The van der Waals surface area contributed by atoms with Gasteiger partial charge in [-0.3, -0.25) is 4.79 Å². The summed E-state index contributed by atoms with van der Waals surface area (Å²) in [6.45, 7) is 5.36. The van der Waals surface area contributed by atoms with E-state index < -0.39 is 17.2 Å².